The smallest absolute Gasteiger partial charge is 0.335 e. The largest absolute Gasteiger partial charge is 0.478 e. The van der Waals surface area contributed by atoms with Gasteiger partial charge in [0, 0.05) is 5.56 Å². The zero-order chi connectivity index (χ0) is 20.3. The summed E-state index contributed by atoms with van der Waals surface area (Å²) in [4.78, 5) is 36.6. The highest BCUT2D eigenvalue weighted by atomic mass is 16.4. The monoisotopic (exact) mass is 390 g/mol. The Balaban J connectivity index is 1.38. The van der Waals surface area contributed by atoms with Crippen LogP contribution in [0.4, 0.5) is 0 Å². The number of carboxylic acid groups (broad SMARTS) is 1. The molecule has 2 aromatic rings. The van der Waals surface area contributed by atoms with E-state index in [1.165, 1.54) is 12.3 Å². The molecule has 146 valence electrons. The lowest BCUT2D eigenvalue weighted by Gasteiger charge is -2.13. The number of carbonyl (C=O) groups is 3. The predicted molar refractivity (Wildman–Crippen MR) is 103 cm³/mol. The summed E-state index contributed by atoms with van der Waals surface area (Å²) in [6, 6.07) is 8.35. The van der Waals surface area contributed by atoms with Gasteiger partial charge in [-0.1, -0.05) is 24.3 Å². The molecule has 2 bridgehead atoms. The third-order valence-corrected chi connectivity index (χ3v) is 6.20. The summed E-state index contributed by atoms with van der Waals surface area (Å²) in [6.07, 6.45) is 6.31. The Labute approximate surface area is 166 Å². The summed E-state index contributed by atoms with van der Waals surface area (Å²) in [5.41, 5.74) is 1.46. The number of aromatic carboxylic acids is 1. The molecule has 4 atom stereocenters. The minimum absolute atomic E-state index is 0.140. The second kappa shape index (κ2) is 6.27. The third kappa shape index (κ3) is 2.57. The first-order chi connectivity index (χ1) is 14.0. The topological polar surface area (TPSA) is 100 Å². The molecular formula is C22H18N2O5. The van der Waals surface area contributed by atoms with Gasteiger partial charge in [-0.25, -0.2) is 4.79 Å². The standard InChI is InChI=1S/C22H18N2O5/c1-11-15(3-2-4-16(11)22(27)28)17-8-7-14(29-17)10-23-24-20(25)18-12-5-6-13(9-12)19(18)21(24)26/h2-8,10,12-13,18-19H,9H2,1H3,(H,27,28)/t12-,13-,18-,19+/m0/s1. The fourth-order valence-corrected chi connectivity index (χ4v) is 4.82. The first kappa shape index (κ1) is 17.6. The van der Waals surface area contributed by atoms with E-state index in [-0.39, 0.29) is 41.0 Å². The summed E-state index contributed by atoms with van der Waals surface area (Å²) in [6.45, 7) is 1.72. The number of carboxylic acids is 1. The van der Waals surface area contributed by atoms with E-state index in [2.05, 4.69) is 5.10 Å². The van der Waals surface area contributed by atoms with Crippen molar-refractivity contribution in [3.63, 3.8) is 0 Å². The van der Waals surface area contributed by atoms with Crippen molar-refractivity contribution in [2.45, 2.75) is 13.3 Å². The van der Waals surface area contributed by atoms with E-state index in [1.807, 2.05) is 12.2 Å². The zero-order valence-corrected chi connectivity index (χ0v) is 15.6. The highest BCUT2D eigenvalue weighted by molar-refractivity contribution is 6.06. The lowest BCUT2D eigenvalue weighted by molar-refractivity contribution is -0.140. The SMILES string of the molecule is Cc1c(C(=O)O)cccc1-c1ccc(C=NN2C(=O)[C@@H]3[C@H](C2=O)[C@H]2C=C[C@H]3C2)o1. The number of hydrogen-bond donors (Lipinski definition) is 1. The number of hydrazone groups is 1. The number of furan rings is 1. The van der Waals surface area contributed by atoms with Crippen LogP contribution in [0.2, 0.25) is 0 Å². The van der Waals surface area contributed by atoms with E-state index in [9.17, 15) is 19.5 Å². The second-order valence-electron chi connectivity index (χ2n) is 7.72. The molecule has 3 aliphatic rings. The lowest BCUT2D eigenvalue weighted by Crippen LogP contribution is -2.28. The maximum Gasteiger partial charge on any atom is 0.335 e. The number of allylic oxidation sites excluding steroid dienone is 2. The van der Waals surface area contributed by atoms with Crippen LogP contribution < -0.4 is 0 Å². The van der Waals surface area contributed by atoms with E-state index < -0.39 is 5.97 Å². The van der Waals surface area contributed by atoms with Gasteiger partial charge in [-0.2, -0.15) is 10.1 Å². The highest BCUT2D eigenvalue weighted by Gasteiger charge is 2.59. The van der Waals surface area contributed by atoms with Gasteiger partial charge in [-0.05, 0) is 48.9 Å². The molecule has 7 nitrogen and oxygen atoms in total. The fourth-order valence-electron chi connectivity index (χ4n) is 4.82. The minimum atomic E-state index is -1.00. The van der Waals surface area contributed by atoms with Crippen LogP contribution in [0.5, 0.6) is 0 Å². The first-order valence-corrected chi connectivity index (χ1v) is 9.49. The van der Waals surface area contributed by atoms with Gasteiger partial charge >= 0.3 is 5.97 Å². The van der Waals surface area contributed by atoms with Crippen LogP contribution in [0, 0.1) is 30.6 Å². The van der Waals surface area contributed by atoms with E-state index in [1.54, 1.807) is 31.2 Å². The molecule has 29 heavy (non-hydrogen) atoms. The summed E-state index contributed by atoms with van der Waals surface area (Å²) in [5.74, 6) is -0.925. The predicted octanol–water partition coefficient (Wildman–Crippen LogP) is 3.09. The first-order valence-electron chi connectivity index (χ1n) is 9.49. The number of benzene rings is 1. The average Bonchev–Trinajstić information content (AvgIpc) is 3.46. The van der Waals surface area contributed by atoms with Crippen LogP contribution >= 0.6 is 0 Å². The van der Waals surface area contributed by atoms with Crippen LogP contribution in [0.15, 0.2) is 52.0 Å². The Hall–Kier alpha value is -3.48. The van der Waals surface area contributed by atoms with Gasteiger partial charge in [-0.3, -0.25) is 9.59 Å². The summed E-state index contributed by atoms with van der Waals surface area (Å²) < 4.78 is 5.76. The average molecular weight is 390 g/mol. The van der Waals surface area contributed by atoms with Gasteiger partial charge in [0.1, 0.15) is 11.5 Å². The normalized spacial score (nSPS) is 27.4. The second-order valence-corrected chi connectivity index (χ2v) is 7.72. The number of nitrogens with zero attached hydrogens (tertiary/aromatic N) is 2. The number of rotatable bonds is 4. The summed E-state index contributed by atoms with van der Waals surface area (Å²) in [7, 11) is 0. The molecule has 1 aliphatic heterocycles. The number of hydrogen-bond acceptors (Lipinski definition) is 5. The fraction of sp³-hybridized carbons (Fsp3) is 0.273. The Morgan fingerprint density at radius 1 is 1.14 bits per heavy atom. The lowest BCUT2D eigenvalue weighted by atomic mass is 9.85. The molecule has 1 saturated carbocycles. The molecule has 0 spiro atoms. The third-order valence-electron chi connectivity index (χ3n) is 6.20. The molecule has 2 amide bonds. The molecule has 2 heterocycles. The number of carbonyl (C=O) groups excluding carboxylic acids is 2. The van der Waals surface area contributed by atoms with Crippen molar-refractivity contribution in [2.24, 2.45) is 28.8 Å². The van der Waals surface area contributed by atoms with Crippen LogP contribution in [-0.4, -0.2) is 34.1 Å². The molecule has 0 radical (unpaired) electrons. The van der Waals surface area contributed by atoms with Crippen molar-refractivity contribution < 1.29 is 23.9 Å². The van der Waals surface area contributed by atoms with Gasteiger partial charge in [0.25, 0.3) is 11.8 Å². The van der Waals surface area contributed by atoms with Crippen molar-refractivity contribution in [1.82, 2.24) is 5.01 Å². The van der Waals surface area contributed by atoms with Crippen molar-refractivity contribution in [2.75, 3.05) is 0 Å². The van der Waals surface area contributed by atoms with Crippen LogP contribution in [0.25, 0.3) is 11.3 Å². The van der Waals surface area contributed by atoms with E-state index in [0.717, 1.165) is 11.4 Å². The molecule has 1 aromatic carbocycles. The Morgan fingerprint density at radius 2 is 1.83 bits per heavy atom. The Morgan fingerprint density at radius 3 is 2.48 bits per heavy atom. The van der Waals surface area contributed by atoms with Gasteiger partial charge in [0.2, 0.25) is 0 Å². The van der Waals surface area contributed by atoms with Gasteiger partial charge in [0.05, 0.1) is 23.6 Å². The minimum Gasteiger partial charge on any atom is -0.478 e. The molecule has 2 fully saturated rings. The number of fused-ring (bicyclic) bond motifs is 5. The summed E-state index contributed by atoms with van der Waals surface area (Å²) >= 11 is 0. The van der Waals surface area contributed by atoms with Crippen molar-refractivity contribution in [3.8, 4) is 11.3 Å². The molecule has 0 unspecified atom stereocenters. The van der Waals surface area contributed by atoms with Crippen molar-refractivity contribution in [1.29, 1.82) is 0 Å². The van der Waals surface area contributed by atoms with Gasteiger partial charge in [-0.15, -0.1) is 0 Å². The van der Waals surface area contributed by atoms with E-state index in [4.69, 9.17) is 4.42 Å². The van der Waals surface area contributed by atoms with Crippen molar-refractivity contribution >= 4 is 24.0 Å². The molecule has 1 saturated heterocycles. The number of imide groups is 1. The maximum atomic E-state index is 12.7. The Kier molecular flexibility index (Phi) is 3.81. The molecule has 5 rings (SSSR count). The number of amides is 2. The van der Waals surface area contributed by atoms with Crippen LogP contribution in [0.1, 0.15) is 28.1 Å². The van der Waals surface area contributed by atoms with E-state index in [0.29, 0.717) is 22.6 Å². The van der Waals surface area contributed by atoms with Crippen LogP contribution in [0.3, 0.4) is 0 Å². The van der Waals surface area contributed by atoms with E-state index >= 15 is 0 Å². The van der Waals surface area contributed by atoms with Gasteiger partial charge in [0.15, 0.2) is 0 Å². The quantitative estimate of drug-likeness (QED) is 0.491. The van der Waals surface area contributed by atoms with Crippen LogP contribution in [-0.2, 0) is 9.59 Å². The van der Waals surface area contributed by atoms with Crippen molar-refractivity contribution in [3.05, 3.63) is 59.4 Å². The highest BCUT2D eigenvalue weighted by Crippen LogP contribution is 2.52. The molecular weight excluding hydrogens is 372 g/mol. The summed E-state index contributed by atoms with van der Waals surface area (Å²) in [5, 5.41) is 14.4. The molecule has 1 aromatic heterocycles. The Bertz CT molecular complexity index is 1080. The molecule has 2 aliphatic carbocycles. The molecule has 1 N–H and O–H groups in total. The maximum absolute atomic E-state index is 12.7. The molecule has 7 heteroatoms. The zero-order valence-electron chi connectivity index (χ0n) is 15.6. The van der Waals surface area contributed by atoms with Gasteiger partial charge < -0.3 is 9.52 Å².